The van der Waals surface area contributed by atoms with Crippen molar-refractivity contribution in [3.8, 4) is 0 Å². The van der Waals surface area contributed by atoms with Crippen molar-refractivity contribution < 1.29 is 22.3 Å². The van der Waals surface area contributed by atoms with Crippen molar-refractivity contribution >= 4 is 33.2 Å². The lowest BCUT2D eigenvalue weighted by molar-refractivity contribution is -0.136. The van der Waals surface area contributed by atoms with Crippen molar-refractivity contribution in [1.82, 2.24) is 19.6 Å². The van der Waals surface area contributed by atoms with E-state index in [0.29, 0.717) is 22.2 Å². The van der Waals surface area contributed by atoms with Gasteiger partial charge in [-0.1, -0.05) is 0 Å². The van der Waals surface area contributed by atoms with Crippen LogP contribution in [0.4, 0.5) is 4.39 Å². The number of fused-ring (bicyclic) bond motifs is 1. The van der Waals surface area contributed by atoms with Gasteiger partial charge in [0.15, 0.2) is 10.8 Å². The Hall–Kier alpha value is -2.70. The molecule has 0 unspecified atom stereocenters. The fraction of sp³-hybridized carbons (Fsp3) is 0.333. The molecule has 158 valence electrons. The summed E-state index contributed by atoms with van der Waals surface area (Å²) in [5, 5.41) is 2.41. The normalized spacial score (nSPS) is 21.4. The summed E-state index contributed by atoms with van der Waals surface area (Å²) in [7, 11) is -2.20. The minimum atomic E-state index is -3.46. The largest absolute Gasteiger partial charge is 0.466 e. The van der Waals surface area contributed by atoms with Gasteiger partial charge in [-0.2, -0.15) is 0 Å². The number of hydrogen-bond donors (Lipinski definition) is 1. The molecular formula is C18H18FN5O4S2. The monoisotopic (exact) mass is 451 g/mol. The number of esters is 1. The quantitative estimate of drug-likeness (QED) is 0.680. The Balaban J connectivity index is 1.86. The van der Waals surface area contributed by atoms with Gasteiger partial charge < -0.3 is 9.64 Å². The third-order valence-corrected chi connectivity index (χ3v) is 6.23. The van der Waals surface area contributed by atoms with Crippen LogP contribution < -0.4 is 4.72 Å². The first kappa shape index (κ1) is 20.6. The SMILES string of the molecule is COC(=O)C1=C2C[C@H](NS(C)(=O)=O)CN2C(c2nccs2)=N[C@H]1c1ccc(F)cn1. The van der Waals surface area contributed by atoms with Gasteiger partial charge in [0, 0.05) is 36.3 Å². The second kappa shape index (κ2) is 7.85. The molecule has 2 aromatic rings. The van der Waals surface area contributed by atoms with Crippen LogP contribution in [0, 0.1) is 5.82 Å². The predicted octanol–water partition coefficient (Wildman–Crippen LogP) is 1.23. The van der Waals surface area contributed by atoms with Gasteiger partial charge in [-0.15, -0.1) is 11.3 Å². The topological polar surface area (TPSA) is 114 Å². The van der Waals surface area contributed by atoms with Crippen molar-refractivity contribution in [2.45, 2.75) is 18.5 Å². The molecule has 9 nitrogen and oxygen atoms in total. The fourth-order valence-electron chi connectivity index (χ4n) is 3.61. The van der Waals surface area contributed by atoms with Crippen LogP contribution in [0.1, 0.15) is 23.2 Å². The van der Waals surface area contributed by atoms with Gasteiger partial charge in [-0.25, -0.2) is 27.3 Å². The molecule has 2 aromatic heterocycles. The molecule has 1 fully saturated rings. The molecule has 1 N–H and O–H groups in total. The first-order chi connectivity index (χ1) is 14.3. The number of amidine groups is 1. The first-order valence-electron chi connectivity index (χ1n) is 8.92. The lowest BCUT2D eigenvalue weighted by Gasteiger charge is -2.30. The highest BCUT2D eigenvalue weighted by molar-refractivity contribution is 7.88. The maximum absolute atomic E-state index is 13.4. The highest BCUT2D eigenvalue weighted by atomic mass is 32.2. The number of nitrogens with one attached hydrogen (secondary N) is 1. The molecule has 0 aromatic carbocycles. The number of methoxy groups -OCH3 is 1. The molecule has 0 aliphatic carbocycles. The van der Waals surface area contributed by atoms with Gasteiger partial charge in [0.05, 0.1) is 30.8 Å². The van der Waals surface area contributed by atoms with E-state index in [1.54, 1.807) is 16.5 Å². The molecule has 30 heavy (non-hydrogen) atoms. The van der Waals surface area contributed by atoms with Crippen LogP contribution in [-0.2, 0) is 19.6 Å². The number of aromatic nitrogens is 2. The summed E-state index contributed by atoms with van der Waals surface area (Å²) in [5.74, 6) is -0.611. The Bertz CT molecular complexity index is 1130. The lowest BCUT2D eigenvalue weighted by Crippen LogP contribution is -2.39. The number of thiazole rings is 1. The summed E-state index contributed by atoms with van der Waals surface area (Å²) in [6, 6.07) is 1.42. The molecule has 1 saturated heterocycles. The Kier molecular flexibility index (Phi) is 5.38. The summed E-state index contributed by atoms with van der Waals surface area (Å²) in [6.45, 7) is 0.283. The summed E-state index contributed by atoms with van der Waals surface area (Å²) < 4.78 is 44.5. The molecule has 0 spiro atoms. The second-order valence-corrected chi connectivity index (χ2v) is 9.52. The van der Waals surface area contributed by atoms with Gasteiger partial charge >= 0.3 is 5.97 Å². The number of ether oxygens (including phenoxy) is 1. The molecular weight excluding hydrogens is 433 g/mol. The van der Waals surface area contributed by atoms with E-state index in [4.69, 9.17) is 9.73 Å². The zero-order valence-electron chi connectivity index (χ0n) is 16.1. The maximum atomic E-state index is 13.4. The molecule has 2 aliphatic heterocycles. The molecule has 12 heteroatoms. The van der Waals surface area contributed by atoms with E-state index in [1.165, 1.54) is 30.6 Å². The van der Waals surface area contributed by atoms with Crippen LogP contribution in [0.3, 0.4) is 0 Å². The zero-order valence-corrected chi connectivity index (χ0v) is 17.7. The van der Waals surface area contributed by atoms with Crippen LogP contribution >= 0.6 is 11.3 Å². The number of nitrogens with zero attached hydrogens (tertiary/aromatic N) is 4. The molecule has 4 heterocycles. The van der Waals surface area contributed by atoms with E-state index < -0.39 is 33.9 Å². The first-order valence-corrected chi connectivity index (χ1v) is 11.7. The molecule has 0 amide bonds. The van der Waals surface area contributed by atoms with Crippen molar-refractivity contribution in [1.29, 1.82) is 0 Å². The number of sulfonamides is 1. The number of hydrogen-bond acceptors (Lipinski definition) is 9. The molecule has 2 atom stereocenters. The number of aliphatic imine (C=N–C) groups is 1. The lowest BCUT2D eigenvalue weighted by atomic mass is 9.98. The van der Waals surface area contributed by atoms with Gasteiger partial charge in [-0.05, 0) is 12.1 Å². The summed E-state index contributed by atoms with van der Waals surface area (Å²) in [6.07, 6.45) is 4.04. The fourth-order valence-corrected chi connectivity index (χ4v) is 5.02. The van der Waals surface area contributed by atoms with E-state index in [0.717, 1.165) is 12.5 Å². The molecule has 0 bridgehead atoms. The maximum Gasteiger partial charge on any atom is 0.338 e. The standard InChI is InChI=1S/C18H18FN5O4S2/c1-28-18(25)14-13-7-11(23-30(2,26)27)9-24(13)16(17-20-5-6-29-17)22-15(14)12-4-3-10(19)8-21-12/h3-6,8,11,15,23H,7,9H2,1-2H3/t11-,15-/m0/s1. The highest BCUT2D eigenvalue weighted by Crippen LogP contribution is 2.40. The number of pyridine rings is 1. The average molecular weight is 452 g/mol. The van der Waals surface area contributed by atoms with E-state index in [-0.39, 0.29) is 18.5 Å². The smallest absolute Gasteiger partial charge is 0.338 e. The third kappa shape index (κ3) is 3.98. The Morgan fingerprint density at radius 3 is 2.77 bits per heavy atom. The van der Waals surface area contributed by atoms with Crippen molar-refractivity contribution in [2.24, 2.45) is 4.99 Å². The number of rotatable bonds is 5. The minimum Gasteiger partial charge on any atom is -0.466 e. The van der Waals surface area contributed by atoms with E-state index in [9.17, 15) is 17.6 Å². The Morgan fingerprint density at radius 1 is 1.37 bits per heavy atom. The molecule has 0 saturated carbocycles. The summed E-state index contributed by atoms with van der Waals surface area (Å²) in [5.41, 5.74) is 1.20. The van der Waals surface area contributed by atoms with Gasteiger partial charge in [-0.3, -0.25) is 9.98 Å². The predicted molar refractivity (Wildman–Crippen MR) is 108 cm³/mol. The van der Waals surface area contributed by atoms with Crippen LogP contribution in [0.25, 0.3) is 0 Å². The minimum absolute atomic E-state index is 0.245. The van der Waals surface area contributed by atoms with Crippen molar-refractivity contribution in [3.05, 3.63) is 57.7 Å². The molecule has 2 aliphatic rings. The highest BCUT2D eigenvalue weighted by Gasteiger charge is 2.42. The second-order valence-electron chi connectivity index (χ2n) is 6.85. The van der Waals surface area contributed by atoms with Crippen molar-refractivity contribution in [3.63, 3.8) is 0 Å². The summed E-state index contributed by atoms with van der Waals surface area (Å²) in [4.78, 5) is 27.6. The number of carbonyl (C=O) groups excluding carboxylic acids is 1. The van der Waals surface area contributed by atoms with Crippen LogP contribution in [0.5, 0.6) is 0 Å². The number of halogens is 1. The van der Waals surface area contributed by atoms with E-state index in [1.807, 2.05) is 0 Å². The van der Waals surface area contributed by atoms with Crippen LogP contribution in [-0.4, -0.2) is 61.0 Å². The van der Waals surface area contributed by atoms with E-state index in [2.05, 4.69) is 14.7 Å². The average Bonchev–Trinajstić information content (AvgIpc) is 3.35. The third-order valence-electron chi connectivity index (χ3n) is 4.70. The van der Waals surface area contributed by atoms with Gasteiger partial charge in [0.2, 0.25) is 10.0 Å². The van der Waals surface area contributed by atoms with Crippen molar-refractivity contribution in [2.75, 3.05) is 19.9 Å². The Morgan fingerprint density at radius 2 is 2.17 bits per heavy atom. The zero-order chi connectivity index (χ0) is 21.5. The van der Waals surface area contributed by atoms with Crippen LogP contribution in [0.2, 0.25) is 0 Å². The van der Waals surface area contributed by atoms with Gasteiger partial charge in [0.25, 0.3) is 0 Å². The van der Waals surface area contributed by atoms with E-state index >= 15 is 0 Å². The summed E-state index contributed by atoms with van der Waals surface area (Å²) >= 11 is 1.37. The number of carbonyl (C=O) groups is 1. The van der Waals surface area contributed by atoms with Gasteiger partial charge in [0.1, 0.15) is 11.9 Å². The molecule has 0 radical (unpaired) electrons. The molecule has 4 rings (SSSR count). The Labute approximate surface area is 176 Å². The van der Waals surface area contributed by atoms with Crippen LogP contribution in [0.15, 0.2) is 46.2 Å².